The van der Waals surface area contributed by atoms with Crippen molar-refractivity contribution in [3.63, 3.8) is 0 Å². The number of nitrogens with one attached hydrogen (secondary N) is 1. The van der Waals surface area contributed by atoms with Crippen molar-refractivity contribution in [2.24, 2.45) is 5.92 Å². The third-order valence-electron chi connectivity index (χ3n) is 6.06. The van der Waals surface area contributed by atoms with Crippen LogP contribution in [0.3, 0.4) is 0 Å². The van der Waals surface area contributed by atoms with Crippen molar-refractivity contribution >= 4 is 27.5 Å². The predicted octanol–water partition coefficient (Wildman–Crippen LogP) is 4.22. The van der Waals surface area contributed by atoms with Gasteiger partial charge >= 0.3 is 0 Å². The summed E-state index contributed by atoms with van der Waals surface area (Å²) in [4.78, 5) is 12.5. The van der Waals surface area contributed by atoms with E-state index < -0.39 is 10.0 Å². The highest BCUT2D eigenvalue weighted by Gasteiger charge is 2.36. The summed E-state index contributed by atoms with van der Waals surface area (Å²) < 4.78 is 28.8. The first-order valence-electron chi connectivity index (χ1n) is 11.0. The molecule has 3 atom stereocenters. The Balaban J connectivity index is 1.87. The topological polar surface area (TPSA) is 86.7 Å². The highest BCUT2D eigenvalue weighted by Crippen LogP contribution is 2.33. The van der Waals surface area contributed by atoms with Gasteiger partial charge in [0.2, 0.25) is 10.0 Å². The number of sulfonamides is 1. The van der Waals surface area contributed by atoms with Gasteiger partial charge in [-0.2, -0.15) is 4.31 Å². The molecule has 0 radical (unpaired) electrons. The van der Waals surface area contributed by atoms with Gasteiger partial charge in [-0.25, -0.2) is 8.42 Å². The van der Waals surface area contributed by atoms with Crippen molar-refractivity contribution in [2.45, 2.75) is 63.1 Å². The van der Waals surface area contributed by atoms with Crippen molar-refractivity contribution in [3.05, 3.63) is 64.7 Å². The average molecular weight is 479 g/mol. The molecule has 1 saturated carbocycles. The van der Waals surface area contributed by atoms with Crippen LogP contribution in [0.5, 0.6) is 0 Å². The monoisotopic (exact) mass is 478 g/mol. The van der Waals surface area contributed by atoms with Crippen LogP contribution in [0.4, 0.5) is 0 Å². The molecule has 0 bridgehead atoms. The van der Waals surface area contributed by atoms with Crippen molar-refractivity contribution < 1.29 is 18.3 Å². The molecule has 0 spiro atoms. The predicted molar refractivity (Wildman–Crippen MR) is 126 cm³/mol. The second kappa shape index (κ2) is 10.8. The lowest BCUT2D eigenvalue weighted by Gasteiger charge is -2.37. The third kappa shape index (κ3) is 5.90. The van der Waals surface area contributed by atoms with Crippen LogP contribution in [0.1, 0.15) is 55.5 Å². The van der Waals surface area contributed by atoms with Crippen LogP contribution >= 0.6 is 11.6 Å². The molecule has 3 rings (SSSR count). The lowest BCUT2D eigenvalue weighted by atomic mass is 9.86. The summed E-state index contributed by atoms with van der Waals surface area (Å²) in [5, 5.41) is 12.3. The van der Waals surface area contributed by atoms with Gasteiger partial charge in [0.05, 0.1) is 11.5 Å². The van der Waals surface area contributed by atoms with E-state index in [0.29, 0.717) is 10.6 Å². The van der Waals surface area contributed by atoms with Crippen molar-refractivity contribution in [2.75, 3.05) is 6.61 Å². The van der Waals surface area contributed by atoms with Gasteiger partial charge in [0.15, 0.2) is 0 Å². The van der Waals surface area contributed by atoms with Gasteiger partial charge in [-0.15, -0.1) is 0 Å². The number of halogens is 1. The molecule has 2 aromatic rings. The maximum Gasteiger partial charge on any atom is 0.251 e. The summed E-state index contributed by atoms with van der Waals surface area (Å²) in [6, 6.07) is 12.8. The van der Waals surface area contributed by atoms with Crippen LogP contribution in [0, 0.1) is 5.92 Å². The summed E-state index contributed by atoms with van der Waals surface area (Å²) in [6.45, 7) is 3.93. The molecule has 3 unspecified atom stereocenters. The van der Waals surface area contributed by atoms with E-state index in [-0.39, 0.29) is 42.0 Å². The van der Waals surface area contributed by atoms with Crippen molar-refractivity contribution in [3.8, 4) is 0 Å². The molecule has 1 aliphatic rings. The maximum absolute atomic E-state index is 13.6. The number of hydrogen-bond acceptors (Lipinski definition) is 4. The van der Waals surface area contributed by atoms with Crippen LogP contribution in [0.2, 0.25) is 5.02 Å². The molecule has 2 aromatic carbocycles. The number of hydrogen-bond donors (Lipinski definition) is 2. The summed E-state index contributed by atoms with van der Waals surface area (Å²) in [5.74, 6) is -0.0134. The summed E-state index contributed by atoms with van der Waals surface area (Å²) in [6.07, 6.45) is 3.94. The zero-order chi connectivity index (χ0) is 23.3. The first kappa shape index (κ1) is 24.7. The Morgan fingerprint density at radius 2 is 1.75 bits per heavy atom. The van der Waals surface area contributed by atoms with Crippen molar-refractivity contribution in [1.82, 2.24) is 9.62 Å². The second-order valence-corrected chi connectivity index (χ2v) is 10.9. The minimum absolute atomic E-state index is 0.0854. The fraction of sp³-hybridized carbons (Fsp3) is 0.458. The first-order valence-corrected chi connectivity index (χ1v) is 12.8. The van der Waals surface area contributed by atoms with E-state index in [1.165, 1.54) is 0 Å². The standard InChI is InChI=1S/C24H31ClN2O4S/c1-17-5-3-4-6-23(17)27(32(30,31)22-13-11-21(25)12-14-22)15-19-7-9-20(10-8-19)24(29)26-18(2)16-28/h7-14,17-18,23,28H,3-6,15-16H2,1-2H3,(H,26,29). The lowest BCUT2D eigenvalue weighted by Crippen LogP contribution is -2.44. The number of carbonyl (C=O) groups is 1. The third-order valence-corrected chi connectivity index (χ3v) is 8.20. The van der Waals surface area contributed by atoms with E-state index >= 15 is 0 Å². The van der Waals surface area contributed by atoms with E-state index in [1.54, 1.807) is 59.8 Å². The van der Waals surface area contributed by atoms with E-state index in [4.69, 9.17) is 16.7 Å². The molecule has 6 nitrogen and oxygen atoms in total. The molecule has 174 valence electrons. The minimum atomic E-state index is -3.73. The molecule has 1 fully saturated rings. The average Bonchev–Trinajstić information content (AvgIpc) is 2.78. The Hall–Kier alpha value is -1.93. The highest BCUT2D eigenvalue weighted by atomic mass is 35.5. The maximum atomic E-state index is 13.6. The number of benzene rings is 2. The SMILES string of the molecule is CC(CO)NC(=O)c1ccc(CN(C2CCCCC2C)S(=O)(=O)c2ccc(Cl)cc2)cc1. The van der Waals surface area contributed by atoms with E-state index in [2.05, 4.69) is 12.2 Å². The second-order valence-electron chi connectivity index (χ2n) is 8.59. The Morgan fingerprint density at radius 1 is 1.12 bits per heavy atom. The fourth-order valence-electron chi connectivity index (χ4n) is 4.14. The van der Waals surface area contributed by atoms with Gasteiger partial charge in [-0.3, -0.25) is 4.79 Å². The van der Waals surface area contributed by atoms with E-state index in [1.807, 2.05) is 0 Å². The van der Waals surface area contributed by atoms with Crippen LogP contribution in [0.25, 0.3) is 0 Å². The number of aliphatic hydroxyl groups excluding tert-OH is 1. The normalized spacial score (nSPS) is 20.2. The van der Waals surface area contributed by atoms with Gasteiger partial charge in [-0.05, 0) is 67.6 Å². The molecule has 1 aliphatic carbocycles. The van der Waals surface area contributed by atoms with Gasteiger partial charge in [0, 0.05) is 29.2 Å². The fourth-order valence-corrected chi connectivity index (χ4v) is 6.01. The minimum Gasteiger partial charge on any atom is -0.394 e. The Morgan fingerprint density at radius 3 is 2.34 bits per heavy atom. The van der Waals surface area contributed by atoms with Gasteiger partial charge in [0.1, 0.15) is 0 Å². The van der Waals surface area contributed by atoms with Gasteiger partial charge in [-0.1, -0.05) is 43.5 Å². The molecule has 1 amide bonds. The van der Waals surface area contributed by atoms with E-state index in [9.17, 15) is 13.2 Å². The van der Waals surface area contributed by atoms with E-state index in [0.717, 1.165) is 31.2 Å². The molecule has 32 heavy (non-hydrogen) atoms. The Kier molecular flexibility index (Phi) is 8.33. The lowest BCUT2D eigenvalue weighted by molar-refractivity contribution is 0.0922. The summed E-state index contributed by atoms with van der Waals surface area (Å²) in [7, 11) is -3.73. The number of rotatable bonds is 8. The largest absolute Gasteiger partial charge is 0.394 e. The highest BCUT2D eigenvalue weighted by molar-refractivity contribution is 7.89. The summed E-state index contributed by atoms with van der Waals surface area (Å²) in [5.41, 5.74) is 1.28. The Bertz CT molecular complexity index is 1010. The van der Waals surface area contributed by atoms with Gasteiger partial charge in [0.25, 0.3) is 5.91 Å². The van der Waals surface area contributed by atoms with Crippen molar-refractivity contribution in [1.29, 1.82) is 0 Å². The van der Waals surface area contributed by atoms with Crippen LogP contribution in [0.15, 0.2) is 53.4 Å². The molecular formula is C24H31ClN2O4S. The van der Waals surface area contributed by atoms with Crippen LogP contribution in [-0.2, 0) is 16.6 Å². The van der Waals surface area contributed by atoms with Crippen LogP contribution in [-0.4, -0.2) is 42.4 Å². The number of nitrogens with zero attached hydrogens (tertiary/aromatic N) is 1. The quantitative estimate of drug-likeness (QED) is 0.594. The first-order chi connectivity index (χ1) is 15.2. The molecule has 0 saturated heterocycles. The van der Waals surface area contributed by atoms with Crippen LogP contribution < -0.4 is 5.32 Å². The zero-order valence-electron chi connectivity index (χ0n) is 18.5. The molecule has 0 heterocycles. The van der Waals surface area contributed by atoms with Gasteiger partial charge < -0.3 is 10.4 Å². The molecular weight excluding hydrogens is 448 g/mol. The molecule has 8 heteroatoms. The number of carbonyl (C=O) groups excluding carboxylic acids is 1. The smallest absolute Gasteiger partial charge is 0.251 e. The molecule has 0 aliphatic heterocycles. The molecule has 0 aromatic heterocycles. The number of amides is 1. The zero-order valence-corrected chi connectivity index (χ0v) is 20.1. The number of aliphatic hydroxyl groups is 1. The summed E-state index contributed by atoms with van der Waals surface area (Å²) >= 11 is 5.97. The Labute approximate surface area is 195 Å². The molecule has 2 N–H and O–H groups in total.